The molecule has 2 heterocycles. The second-order valence-electron chi connectivity index (χ2n) is 2.90. The third-order valence-corrected chi connectivity index (χ3v) is 2.28. The van der Waals surface area contributed by atoms with Crippen molar-refractivity contribution < 1.29 is 4.74 Å². The fourth-order valence-corrected chi connectivity index (χ4v) is 1.55. The molecule has 0 spiro atoms. The van der Waals surface area contributed by atoms with E-state index in [1.807, 2.05) is 0 Å². The number of hydrogen-bond acceptors (Lipinski definition) is 2. The van der Waals surface area contributed by atoms with Crippen LogP contribution in [0.15, 0.2) is 0 Å². The van der Waals surface area contributed by atoms with Crippen LogP contribution in [0.3, 0.4) is 0 Å². The molecule has 2 nitrogen and oxygen atoms in total. The molecule has 2 aliphatic heterocycles. The zero-order valence-electron chi connectivity index (χ0n) is 5.60. The predicted molar refractivity (Wildman–Crippen MR) is 35.4 cm³/mol. The summed E-state index contributed by atoms with van der Waals surface area (Å²) in [5, 5.41) is 3.36. The first-order valence-electron chi connectivity index (χ1n) is 3.82. The molecule has 9 heavy (non-hydrogen) atoms. The van der Waals surface area contributed by atoms with Crippen molar-refractivity contribution in [1.82, 2.24) is 5.32 Å². The van der Waals surface area contributed by atoms with E-state index in [9.17, 15) is 0 Å². The van der Waals surface area contributed by atoms with Crippen molar-refractivity contribution in [2.45, 2.75) is 31.4 Å². The van der Waals surface area contributed by atoms with E-state index in [1.54, 1.807) is 0 Å². The summed E-state index contributed by atoms with van der Waals surface area (Å²) >= 11 is 0. The molecule has 0 aromatic heterocycles. The molecule has 2 fully saturated rings. The van der Waals surface area contributed by atoms with Gasteiger partial charge in [0.25, 0.3) is 0 Å². The fourth-order valence-electron chi connectivity index (χ4n) is 1.55. The minimum absolute atomic E-state index is 0.554. The molecule has 1 N–H and O–H groups in total. The molecule has 2 saturated heterocycles. The highest BCUT2D eigenvalue weighted by Crippen LogP contribution is 2.20. The van der Waals surface area contributed by atoms with Crippen molar-refractivity contribution in [3.8, 4) is 0 Å². The van der Waals surface area contributed by atoms with Crippen molar-refractivity contribution in [2.75, 3.05) is 13.2 Å². The summed E-state index contributed by atoms with van der Waals surface area (Å²) in [5.41, 5.74) is 0. The Balaban J connectivity index is 1.82. The van der Waals surface area contributed by atoms with Gasteiger partial charge in [0.1, 0.15) is 0 Å². The third-order valence-electron chi connectivity index (χ3n) is 2.28. The van der Waals surface area contributed by atoms with E-state index in [-0.39, 0.29) is 0 Å². The largest absolute Gasteiger partial charge is 0.377 e. The van der Waals surface area contributed by atoms with E-state index in [0.29, 0.717) is 12.1 Å². The Morgan fingerprint density at radius 3 is 2.67 bits per heavy atom. The monoisotopic (exact) mass is 127 g/mol. The molecule has 0 saturated carbocycles. The smallest absolute Gasteiger partial charge is 0.0729 e. The van der Waals surface area contributed by atoms with Gasteiger partial charge in [-0.25, -0.2) is 0 Å². The van der Waals surface area contributed by atoms with Gasteiger partial charge in [-0.3, -0.25) is 0 Å². The number of hydrogen-bond donors (Lipinski definition) is 1. The third kappa shape index (κ3) is 0.970. The van der Waals surface area contributed by atoms with Crippen LogP contribution in [0.1, 0.15) is 19.3 Å². The van der Waals surface area contributed by atoms with Crippen molar-refractivity contribution in [2.24, 2.45) is 0 Å². The van der Waals surface area contributed by atoms with Crippen LogP contribution >= 0.6 is 0 Å². The highest BCUT2D eigenvalue weighted by Gasteiger charge is 2.29. The molecule has 0 aromatic rings. The minimum atomic E-state index is 0.554. The average molecular weight is 127 g/mol. The minimum Gasteiger partial charge on any atom is -0.377 e. The molecule has 0 amide bonds. The summed E-state index contributed by atoms with van der Waals surface area (Å²) in [6.45, 7) is 2.19. The van der Waals surface area contributed by atoms with Gasteiger partial charge in [0.05, 0.1) is 6.10 Å². The lowest BCUT2D eigenvalue weighted by Crippen LogP contribution is -2.50. The Kier molecular flexibility index (Phi) is 1.44. The first-order valence-corrected chi connectivity index (χ1v) is 3.82. The van der Waals surface area contributed by atoms with Gasteiger partial charge in [0.2, 0.25) is 0 Å². The quantitative estimate of drug-likeness (QED) is 0.554. The first-order chi connectivity index (χ1) is 4.47. The van der Waals surface area contributed by atoms with Gasteiger partial charge in [-0.15, -0.1) is 0 Å². The van der Waals surface area contributed by atoms with E-state index in [2.05, 4.69) is 5.32 Å². The van der Waals surface area contributed by atoms with Crippen LogP contribution in [0.25, 0.3) is 0 Å². The molecule has 0 bridgehead atoms. The molecule has 2 heteroatoms. The molecule has 52 valence electrons. The summed E-state index contributed by atoms with van der Waals surface area (Å²) in [6.07, 6.45) is 4.42. The first kappa shape index (κ1) is 5.69. The van der Waals surface area contributed by atoms with E-state index in [1.165, 1.54) is 25.8 Å². The molecule has 2 atom stereocenters. The normalized spacial score (nSPS) is 42.7. The number of ether oxygens (including phenoxy) is 1. The summed E-state index contributed by atoms with van der Waals surface area (Å²) in [4.78, 5) is 0. The maximum absolute atomic E-state index is 5.49. The van der Waals surface area contributed by atoms with E-state index < -0.39 is 0 Å². The van der Waals surface area contributed by atoms with Crippen LogP contribution in [0.2, 0.25) is 0 Å². The van der Waals surface area contributed by atoms with Gasteiger partial charge in [-0.1, -0.05) is 0 Å². The van der Waals surface area contributed by atoms with E-state index in [4.69, 9.17) is 4.74 Å². The molecule has 0 aliphatic carbocycles. The SMILES string of the molecule is C1COC(C2CCN2)C1. The Hall–Kier alpha value is -0.0800. The predicted octanol–water partition coefficient (Wildman–Crippen LogP) is 0.527. The van der Waals surface area contributed by atoms with Crippen LogP contribution in [0, 0.1) is 0 Å². The Morgan fingerprint density at radius 1 is 1.33 bits per heavy atom. The van der Waals surface area contributed by atoms with Crippen molar-refractivity contribution in [3.05, 3.63) is 0 Å². The van der Waals surface area contributed by atoms with E-state index in [0.717, 1.165) is 6.61 Å². The maximum Gasteiger partial charge on any atom is 0.0729 e. The van der Waals surface area contributed by atoms with Gasteiger partial charge in [0, 0.05) is 12.6 Å². The lowest BCUT2D eigenvalue weighted by molar-refractivity contribution is 0.0567. The van der Waals surface area contributed by atoms with Gasteiger partial charge < -0.3 is 10.1 Å². The van der Waals surface area contributed by atoms with Gasteiger partial charge in [0.15, 0.2) is 0 Å². The second-order valence-corrected chi connectivity index (χ2v) is 2.90. The topological polar surface area (TPSA) is 21.3 Å². The van der Waals surface area contributed by atoms with Crippen LogP contribution < -0.4 is 5.32 Å². The standard InChI is InChI=1S/C7H13NO/c1-2-7(9-5-1)6-3-4-8-6/h6-8H,1-5H2. The Morgan fingerprint density at radius 2 is 2.22 bits per heavy atom. The van der Waals surface area contributed by atoms with Crippen molar-refractivity contribution >= 4 is 0 Å². The molecule has 2 rings (SSSR count). The average Bonchev–Trinajstić information content (AvgIpc) is 2.11. The molecule has 2 unspecified atom stereocenters. The fraction of sp³-hybridized carbons (Fsp3) is 1.00. The van der Waals surface area contributed by atoms with Crippen LogP contribution in [-0.2, 0) is 4.74 Å². The Bertz CT molecular complexity index is 95.1. The van der Waals surface area contributed by atoms with Gasteiger partial charge in [-0.2, -0.15) is 0 Å². The lowest BCUT2D eigenvalue weighted by atomic mass is 9.99. The van der Waals surface area contributed by atoms with Crippen molar-refractivity contribution in [3.63, 3.8) is 0 Å². The van der Waals surface area contributed by atoms with Crippen molar-refractivity contribution in [1.29, 1.82) is 0 Å². The zero-order chi connectivity index (χ0) is 6.10. The molecule has 0 aromatic carbocycles. The number of nitrogens with one attached hydrogen (secondary N) is 1. The maximum atomic E-state index is 5.49. The van der Waals surface area contributed by atoms with Crippen LogP contribution in [0.4, 0.5) is 0 Å². The summed E-state index contributed by atoms with van der Waals surface area (Å²) < 4.78 is 5.49. The second kappa shape index (κ2) is 2.27. The van der Waals surface area contributed by atoms with Crippen LogP contribution in [0.5, 0.6) is 0 Å². The zero-order valence-corrected chi connectivity index (χ0v) is 5.60. The molecule has 0 radical (unpaired) electrons. The Labute approximate surface area is 55.6 Å². The molecular weight excluding hydrogens is 114 g/mol. The summed E-state index contributed by atoms with van der Waals surface area (Å²) in [7, 11) is 0. The van der Waals surface area contributed by atoms with E-state index >= 15 is 0 Å². The van der Waals surface area contributed by atoms with Crippen LogP contribution in [-0.4, -0.2) is 25.3 Å². The molecular formula is C7H13NO. The highest BCUT2D eigenvalue weighted by molar-refractivity contribution is 4.87. The highest BCUT2D eigenvalue weighted by atomic mass is 16.5. The summed E-state index contributed by atoms with van der Waals surface area (Å²) in [6, 6.07) is 0.701. The number of rotatable bonds is 1. The lowest BCUT2D eigenvalue weighted by Gasteiger charge is -2.32. The van der Waals surface area contributed by atoms with Gasteiger partial charge >= 0.3 is 0 Å². The molecule has 2 aliphatic rings. The summed E-state index contributed by atoms with van der Waals surface area (Å²) in [5.74, 6) is 0. The van der Waals surface area contributed by atoms with Gasteiger partial charge in [-0.05, 0) is 25.8 Å².